The Kier molecular flexibility index (Phi) is 7.80. The van der Waals surface area contributed by atoms with Gasteiger partial charge in [-0.05, 0) is 53.2 Å². The van der Waals surface area contributed by atoms with Crippen LogP contribution in [0.5, 0.6) is 0 Å². The van der Waals surface area contributed by atoms with Gasteiger partial charge in [-0.15, -0.1) is 0 Å². The van der Waals surface area contributed by atoms with Gasteiger partial charge in [-0.25, -0.2) is 4.98 Å². The van der Waals surface area contributed by atoms with Crippen LogP contribution in [-0.2, 0) is 10.8 Å². The SMILES string of the molecule is CCC(CC)(CC)c1cnc(-c2ccccc2)n1-c1c(C(C)C)cc(C(C)(C)C)cc1C(C)C. The highest BCUT2D eigenvalue weighted by molar-refractivity contribution is 5.65. The fourth-order valence-electron chi connectivity index (χ4n) is 5.29. The molecular weight excluding hydrogens is 412 g/mol. The molecule has 2 heteroatoms. The molecule has 0 aliphatic carbocycles. The predicted octanol–water partition coefficient (Wildman–Crippen LogP) is 9.55. The van der Waals surface area contributed by atoms with Crippen LogP contribution in [0.1, 0.15) is 123 Å². The van der Waals surface area contributed by atoms with Crippen LogP contribution in [0.3, 0.4) is 0 Å². The van der Waals surface area contributed by atoms with Crippen molar-refractivity contribution in [3.63, 3.8) is 0 Å². The maximum atomic E-state index is 5.11. The second-order valence-electron chi connectivity index (χ2n) is 11.6. The summed E-state index contributed by atoms with van der Waals surface area (Å²) >= 11 is 0. The predicted molar refractivity (Wildman–Crippen MR) is 148 cm³/mol. The topological polar surface area (TPSA) is 17.8 Å². The van der Waals surface area contributed by atoms with Gasteiger partial charge in [-0.1, -0.05) is 112 Å². The van der Waals surface area contributed by atoms with Crippen molar-refractivity contribution in [2.45, 2.75) is 111 Å². The van der Waals surface area contributed by atoms with Gasteiger partial charge in [-0.2, -0.15) is 0 Å². The molecule has 1 aromatic heterocycles. The highest BCUT2D eigenvalue weighted by Gasteiger charge is 2.34. The van der Waals surface area contributed by atoms with Crippen molar-refractivity contribution in [2.75, 3.05) is 0 Å². The van der Waals surface area contributed by atoms with Gasteiger partial charge in [0, 0.05) is 22.9 Å². The second-order valence-corrected chi connectivity index (χ2v) is 11.6. The average molecular weight is 459 g/mol. The lowest BCUT2D eigenvalue weighted by molar-refractivity contribution is 0.365. The van der Waals surface area contributed by atoms with Gasteiger partial charge in [0.2, 0.25) is 0 Å². The Labute approximate surface area is 208 Å². The quantitative estimate of drug-likeness (QED) is 0.328. The highest BCUT2D eigenvalue weighted by Crippen LogP contribution is 2.43. The van der Waals surface area contributed by atoms with Crippen molar-refractivity contribution in [1.82, 2.24) is 9.55 Å². The number of nitrogens with zero attached hydrogens (tertiary/aromatic N) is 2. The molecule has 0 fully saturated rings. The van der Waals surface area contributed by atoms with Crippen LogP contribution in [0.15, 0.2) is 48.7 Å². The zero-order valence-electron chi connectivity index (χ0n) is 23.3. The zero-order valence-corrected chi connectivity index (χ0v) is 23.3. The van der Waals surface area contributed by atoms with E-state index in [2.05, 4.69) is 122 Å². The molecule has 0 unspecified atom stereocenters. The molecule has 184 valence electrons. The van der Waals surface area contributed by atoms with Gasteiger partial charge in [-0.3, -0.25) is 4.57 Å². The summed E-state index contributed by atoms with van der Waals surface area (Å²) in [7, 11) is 0. The summed E-state index contributed by atoms with van der Waals surface area (Å²) in [6.07, 6.45) is 5.49. The van der Waals surface area contributed by atoms with E-state index in [4.69, 9.17) is 4.98 Å². The van der Waals surface area contributed by atoms with Crippen LogP contribution in [0, 0.1) is 0 Å². The molecule has 0 atom stereocenters. The fraction of sp³-hybridized carbons (Fsp3) is 0.531. The van der Waals surface area contributed by atoms with Crippen molar-refractivity contribution in [1.29, 1.82) is 0 Å². The first kappa shape index (κ1) is 26.3. The molecule has 0 aliphatic heterocycles. The van der Waals surface area contributed by atoms with E-state index in [0.717, 1.165) is 25.1 Å². The van der Waals surface area contributed by atoms with E-state index in [-0.39, 0.29) is 10.8 Å². The summed E-state index contributed by atoms with van der Waals surface area (Å²) < 4.78 is 2.54. The standard InChI is InChI=1S/C32H46N2/c1-11-32(12-2,13-3)28-21-33-30(24-17-15-14-16-18-24)34(28)29-26(22(4)5)19-25(31(8,9)10)20-27(29)23(6)7/h14-23H,11-13H2,1-10H3. The molecule has 0 bridgehead atoms. The normalized spacial score (nSPS) is 12.7. The summed E-state index contributed by atoms with van der Waals surface area (Å²) in [6.45, 7) is 23.3. The Balaban J connectivity index is 2.53. The third kappa shape index (κ3) is 4.74. The van der Waals surface area contributed by atoms with E-state index in [1.54, 1.807) is 0 Å². The number of hydrogen-bond donors (Lipinski definition) is 0. The summed E-state index contributed by atoms with van der Waals surface area (Å²) in [5.74, 6) is 1.88. The van der Waals surface area contributed by atoms with Gasteiger partial charge in [0.15, 0.2) is 0 Å². The molecule has 1 heterocycles. The summed E-state index contributed by atoms with van der Waals surface area (Å²) in [4.78, 5) is 5.11. The van der Waals surface area contributed by atoms with E-state index in [1.807, 2.05) is 0 Å². The molecule has 0 saturated carbocycles. The van der Waals surface area contributed by atoms with Gasteiger partial charge < -0.3 is 0 Å². The van der Waals surface area contributed by atoms with Crippen molar-refractivity contribution < 1.29 is 0 Å². The number of aromatic nitrogens is 2. The molecule has 0 saturated heterocycles. The summed E-state index contributed by atoms with van der Waals surface area (Å²) in [6, 6.07) is 15.7. The molecule has 0 amide bonds. The first-order chi connectivity index (χ1) is 16.0. The second kappa shape index (κ2) is 10.1. The minimum atomic E-state index is 0.102. The maximum absolute atomic E-state index is 5.11. The number of imidazole rings is 1. The van der Waals surface area contributed by atoms with Crippen LogP contribution in [-0.4, -0.2) is 9.55 Å². The first-order valence-corrected chi connectivity index (χ1v) is 13.3. The number of hydrogen-bond acceptors (Lipinski definition) is 1. The van der Waals surface area contributed by atoms with Crippen LogP contribution < -0.4 is 0 Å². The Morgan fingerprint density at radius 2 is 1.29 bits per heavy atom. The lowest BCUT2D eigenvalue weighted by Crippen LogP contribution is -2.28. The van der Waals surface area contributed by atoms with E-state index < -0.39 is 0 Å². The Bertz CT molecular complexity index is 1050. The van der Waals surface area contributed by atoms with E-state index in [9.17, 15) is 0 Å². The fourth-order valence-corrected chi connectivity index (χ4v) is 5.29. The largest absolute Gasteiger partial charge is 0.296 e. The van der Waals surface area contributed by atoms with Crippen LogP contribution >= 0.6 is 0 Å². The molecule has 2 nitrogen and oxygen atoms in total. The van der Waals surface area contributed by atoms with Crippen molar-refractivity contribution in [3.8, 4) is 17.1 Å². The Morgan fingerprint density at radius 3 is 1.71 bits per heavy atom. The van der Waals surface area contributed by atoms with Crippen molar-refractivity contribution in [2.24, 2.45) is 0 Å². The smallest absolute Gasteiger partial charge is 0.144 e. The monoisotopic (exact) mass is 458 g/mol. The first-order valence-electron chi connectivity index (χ1n) is 13.3. The molecule has 2 aromatic carbocycles. The van der Waals surface area contributed by atoms with Gasteiger partial charge in [0.25, 0.3) is 0 Å². The zero-order chi connectivity index (χ0) is 25.3. The molecule has 3 aromatic rings. The average Bonchev–Trinajstić information content (AvgIpc) is 3.25. The minimum Gasteiger partial charge on any atom is -0.296 e. The lowest BCUT2D eigenvalue weighted by atomic mass is 9.76. The molecular formula is C32H46N2. The van der Waals surface area contributed by atoms with Crippen molar-refractivity contribution in [3.05, 3.63) is 71.0 Å². The Hall–Kier alpha value is -2.35. The third-order valence-corrected chi connectivity index (χ3v) is 7.87. The highest BCUT2D eigenvalue weighted by atomic mass is 15.1. The van der Waals surface area contributed by atoms with Gasteiger partial charge >= 0.3 is 0 Å². The molecule has 0 radical (unpaired) electrons. The minimum absolute atomic E-state index is 0.102. The summed E-state index contributed by atoms with van der Waals surface area (Å²) in [5.41, 5.74) is 8.34. The molecule has 3 rings (SSSR count). The molecule has 0 aliphatic rings. The number of rotatable bonds is 8. The third-order valence-electron chi connectivity index (χ3n) is 7.87. The summed E-state index contributed by atoms with van der Waals surface area (Å²) in [5, 5.41) is 0. The lowest BCUT2D eigenvalue weighted by Gasteiger charge is -2.34. The van der Waals surface area contributed by atoms with Crippen LogP contribution in [0.2, 0.25) is 0 Å². The van der Waals surface area contributed by atoms with E-state index >= 15 is 0 Å². The van der Waals surface area contributed by atoms with Gasteiger partial charge in [0.1, 0.15) is 5.82 Å². The van der Waals surface area contributed by atoms with Crippen LogP contribution in [0.25, 0.3) is 17.1 Å². The van der Waals surface area contributed by atoms with Crippen LogP contribution in [0.4, 0.5) is 0 Å². The maximum Gasteiger partial charge on any atom is 0.144 e. The molecule has 0 spiro atoms. The molecule has 34 heavy (non-hydrogen) atoms. The van der Waals surface area contributed by atoms with Gasteiger partial charge in [0.05, 0.1) is 5.69 Å². The van der Waals surface area contributed by atoms with E-state index in [0.29, 0.717) is 11.8 Å². The van der Waals surface area contributed by atoms with E-state index in [1.165, 1.54) is 33.6 Å². The Morgan fingerprint density at radius 1 is 0.794 bits per heavy atom. The number of benzene rings is 2. The van der Waals surface area contributed by atoms with Crippen molar-refractivity contribution >= 4 is 0 Å². The molecule has 0 N–H and O–H groups in total.